The summed E-state index contributed by atoms with van der Waals surface area (Å²) in [6.07, 6.45) is 0.415. The molecule has 0 spiro atoms. The van der Waals surface area contributed by atoms with E-state index in [9.17, 15) is 14.7 Å². The number of amides is 1. The van der Waals surface area contributed by atoms with Crippen LogP contribution in [0, 0.1) is 16.6 Å². The number of carboxylic acid groups (broad SMARTS) is 1. The minimum absolute atomic E-state index is 0.200. The van der Waals surface area contributed by atoms with Crippen LogP contribution in [0.25, 0.3) is 0 Å². The fourth-order valence-corrected chi connectivity index (χ4v) is 4.05. The number of hydrogen-bond acceptors (Lipinski definition) is 2. The molecule has 0 saturated heterocycles. The van der Waals surface area contributed by atoms with E-state index in [1.165, 1.54) is 0 Å². The molecule has 0 fully saturated rings. The van der Waals surface area contributed by atoms with Gasteiger partial charge in [-0.1, -0.05) is 13.8 Å². The van der Waals surface area contributed by atoms with Crippen molar-refractivity contribution < 1.29 is 14.7 Å². The SMILES string of the molecule is CC(C)C[C@H](NC(=O)c1cc(I)cc(I)c1I)C(=O)O. The van der Waals surface area contributed by atoms with Crippen LogP contribution in [-0.2, 0) is 4.79 Å². The van der Waals surface area contributed by atoms with Gasteiger partial charge < -0.3 is 10.4 Å². The Morgan fingerprint density at radius 1 is 1.25 bits per heavy atom. The minimum atomic E-state index is -0.998. The Morgan fingerprint density at radius 3 is 2.35 bits per heavy atom. The largest absolute Gasteiger partial charge is 0.480 e. The highest BCUT2D eigenvalue weighted by molar-refractivity contribution is 14.1. The van der Waals surface area contributed by atoms with E-state index < -0.39 is 12.0 Å². The Hall–Kier alpha value is 0.350. The van der Waals surface area contributed by atoms with Gasteiger partial charge in [-0.2, -0.15) is 0 Å². The molecule has 0 aliphatic carbocycles. The summed E-state index contributed by atoms with van der Waals surface area (Å²) in [6, 6.07) is 2.89. The van der Waals surface area contributed by atoms with Crippen LogP contribution in [0.15, 0.2) is 12.1 Å². The smallest absolute Gasteiger partial charge is 0.326 e. The quantitative estimate of drug-likeness (QED) is 0.394. The average Bonchev–Trinajstić information content (AvgIpc) is 2.32. The van der Waals surface area contributed by atoms with E-state index in [4.69, 9.17) is 0 Å². The maximum Gasteiger partial charge on any atom is 0.326 e. The predicted octanol–water partition coefficient (Wildman–Crippen LogP) is 3.73. The molecule has 4 nitrogen and oxygen atoms in total. The van der Waals surface area contributed by atoms with Gasteiger partial charge in [0.15, 0.2) is 0 Å². The van der Waals surface area contributed by atoms with E-state index in [2.05, 4.69) is 73.1 Å². The molecule has 1 rings (SSSR count). The monoisotopic (exact) mass is 613 g/mol. The van der Waals surface area contributed by atoms with Crippen molar-refractivity contribution in [1.29, 1.82) is 0 Å². The summed E-state index contributed by atoms with van der Waals surface area (Å²) in [5.74, 6) is -1.13. The highest BCUT2D eigenvalue weighted by atomic mass is 127. The second-order valence-corrected chi connectivity index (χ2v) is 8.23. The fraction of sp³-hybridized carbons (Fsp3) is 0.385. The number of rotatable bonds is 5. The Bertz CT molecular complexity index is 532. The second-order valence-electron chi connectivity index (χ2n) is 4.74. The Balaban J connectivity index is 2.97. The van der Waals surface area contributed by atoms with Gasteiger partial charge in [0.1, 0.15) is 6.04 Å². The zero-order chi connectivity index (χ0) is 15.4. The van der Waals surface area contributed by atoms with Crippen molar-refractivity contribution in [3.63, 3.8) is 0 Å². The van der Waals surface area contributed by atoms with Crippen LogP contribution < -0.4 is 5.32 Å². The van der Waals surface area contributed by atoms with Crippen molar-refractivity contribution in [1.82, 2.24) is 5.32 Å². The molecule has 1 atom stereocenters. The molecule has 0 aromatic heterocycles. The van der Waals surface area contributed by atoms with E-state index in [1.54, 1.807) is 6.07 Å². The van der Waals surface area contributed by atoms with E-state index in [-0.39, 0.29) is 11.8 Å². The number of benzene rings is 1. The highest BCUT2D eigenvalue weighted by Gasteiger charge is 2.23. The van der Waals surface area contributed by atoms with E-state index >= 15 is 0 Å². The standard InChI is InChI=1S/C13H14I3NO3/c1-6(2)3-10(13(19)20)17-12(18)8-4-7(14)5-9(15)11(8)16/h4-6,10H,3H2,1-2H3,(H,17,18)(H,19,20)/t10-/m0/s1. The van der Waals surface area contributed by atoms with Gasteiger partial charge in [-0.25, -0.2) is 4.79 Å². The molecule has 1 aromatic carbocycles. The first-order valence-electron chi connectivity index (χ1n) is 5.90. The van der Waals surface area contributed by atoms with Gasteiger partial charge in [0.05, 0.1) is 5.56 Å². The lowest BCUT2D eigenvalue weighted by Gasteiger charge is -2.17. The molecule has 0 aliphatic heterocycles. The summed E-state index contributed by atoms with van der Waals surface area (Å²) in [5.41, 5.74) is 0.525. The summed E-state index contributed by atoms with van der Waals surface area (Å²) >= 11 is 6.42. The predicted molar refractivity (Wildman–Crippen MR) is 103 cm³/mol. The molecule has 2 N–H and O–H groups in total. The van der Waals surface area contributed by atoms with Gasteiger partial charge in [-0.15, -0.1) is 0 Å². The van der Waals surface area contributed by atoms with Gasteiger partial charge in [0, 0.05) is 10.7 Å². The molecule has 1 amide bonds. The summed E-state index contributed by atoms with van der Waals surface area (Å²) in [4.78, 5) is 23.5. The van der Waals surface area contributed by atoms with Crippen LogP contribution in [0.5, 0.6) is 0 Å². The molecule has 1 aromatic rings. The first-order valence-corrected chi connectivity index (χ1v) is 9.14. The van der Waals surface area contributed by atoms with Crippen LogP contribution in [0.3, 0.4) is 0 Å². The van der Waals surface area contributed by atoms with Crippen LogP contribution in [-0.4, -0.2) is 23.0 Å². The molecular weight excluding hydrogens is 599 g/mol. The molecule has 0 unspecified atom stereocenters. The number of halogens is 3. The first kappa shape index (κ1) is 18.4. The maximum atomic E-state index is 12.3. The summed E-state index contributed by atoms with van der Waals surface area (Å²) in [5, 5.41) is 11.8. The van der Waals surface area contributed by atoms with Crippen molar-refractivity contribution in [2.75, 3.05) is 0 Å². The van der Waals surface area contributed by atoms with Gasteiger partial charge in [0.25, 0.3) is 5.91 Å². The summed E-state index contributed by atoms with van der Waals surface area (Å²) in [7, 11) is 0. The molecule has 0 heterocycles. The second kappa shape index (κ2) is 8.11. The van der Waals surface area contributed by atoms with Crippen LogP contribution in [0.4, 0.5) is 0 Å². The Kier molecular flexibility index (Phi) is 7.46. The van der Waals surface area contributed by atoms with Crippen molar-refractivity contribution in [3.8, 4) is 0 Å². The Morgan fingerprint density at radius 2 is 1.85 bits per heavy atom. The summed E-state index contributed by atoms with van der Waals surface area (Å²) < 4.78 is 2.78. The highest BCUT2D eigenvalue weighted by Crippen LogP contribution is 2.23. The van der Waals surface area contributed by atoms with Gasteiger partial charge in [-0.3, -0.25) is 4.79 Å². The number of carbonyl (C=O) groups is 2. The Labute approximate surface area is 158 Å². The number of carboxylic acids is 1. The van der Waals surface area contributed by atoms with Crippen molar-refractivity contribution in [3.05, 3.63) is 28.4 Å². The van der Waals surface area contributed by atoms with E-state index in [0.717, 1.165) is 10.7 Å². The number of nitrogens with one attached hydrogen (secondary N) is 1. The van der Waals surface area contributed by atoms with Crippen molar-refractivity contribution in [2.24, 2.45) is 5.92 Å². The third-order valence-electron chi connectivity index (χ3n) is 2.55. The molecule has 0 aliphatic rings. The van der Waals surface area contributed by atoms with Gasteiger partial charge >= 0.3 is 5.97 Å². The lowest BCUT2D eigenvalue weighted by molar-refractivity contribution is -0.139. The molecule has 0 radical (unpaired) electrons. The van der Waals surface area contributed by atoms with Gasteiger partial charge in [-0.05, 0) is 92.2 Å². The topological polar surface area (TPSA) is 66.4 Å². The number of aliphatic carboxylic acids is 1. The van der Waals surface area contributed by atoms with E-state index in [0.29, 0.717) is 12.0 Å². The molecular formula is C13H14I3NO3. The zero-order valence-electron chi connectivity index (χ0n) is 10.9. The van der Waals surface area contributed by atoms with Crippen LogP contribution in [0.1, 0.15) is 30.6 Å². The first-order chi connectivity index (χ1) is 9.22. The molecule has 20 heavy (non-hydrogen) atoms. The zero-order valence-corrected chi connectivity index (χ0v) is 17.4. The van der Waals surface area contributed by atoms with Crippen molar-refractivity contribution >= 4 is 79.6 Å². The number of hydrogen-bond donors (Lipinski definition) is 2. The van der Waals surface area contributed by atoms with Crippen molar-refractivity contribution in [2.45, 2.75) is 26.3 Å². The molecule has 0 saturated carbocycles. The van der Waals surface area contributed by atoms with Crippen LogP contribution in [0.2, 0.25) is 0 Å². The average molecular weight is 613 g/mol. The third-order valence-corrected chi connectivity index (χ3v) is 6.22. The van der Waals surface area contributed by atoms with Crippen LogP contribution >= 0.6 is 67.8 Å². The fourth-order valence-electron chi connectivity index (χ4n) is 1.65. The molecule has 110 valence electrons. The summed E-state index contributed by atoms with van der Waals surface area (Å²) in [6.45, 7) is 3.86. The lowest BCUT2D eigenvalue weighted by atomic mass is 10.0. The van der Waals surface area contributed by atoms with Gasteiger partial charge in [0.2, 0.25) is 0 Å². The number of carbonyl (C=O) groups excluding carboxylic acids is 1. The van der Waals surface area contributed by atoms with E-state index in [1.807, 2.05) is 19.9 Å². The maximum absolute atomic E-state index is 12.3. The minimum Gasteiger partial charge on any atom is -0.480 e. The molecule has 7 heteroatoms. The third kappa shape index (κ3) is 5.28. The lowest BCUT2D eigenvalue weighted by Crippen LogP contribution is -2.42. The normalized spacial score (nSPS) is 12.3. The molecule has 0 bridgehead atoms.